The fourth-order valence-corrected chi connectivity index (χ4v) is 2.90. The molecule has 0 aliphatic carbocycles. The maximum atomic E-state index is 6.28. The monoisotopic (exact) mass is 267 g/mol. The molecule has 2 heteroatoms. The van der Waals surface area contributed by atoms with Gasteiger partial charge in [0, 0.05) is 18.5 Å². The Morgan fingerprint density at radius 1 is 1.11 bits per heavy atom. The summed E-state index contributed by atoms with van der Waals surface area (Å²) < 4.78 is 0. The van der Waals surface area contributed by atoms with Crippen LogP contribution in [0.15, 0.2) is 12.1 Å². The molecule has 0 saturated heterocycles. The van der Waals surface area contributed by atoms with Crippen molar-refractivity contribution in [3.8, 4) is 0 Å². The average Bonchev–Trinajstić information content (AvgIpc) is 2.20. The largest absolute Gasteiger partial charge is 0.311 e. The fraction of sp³-hybridized carbons (Fsp3) is 0.625. The number of aryl methyl sites for hydroxylation is 3. The number of rotatable bonds is 6. The zero-order valence-electron chi connectivity index (χ0n) is 12.3. The second kappa shape index (κ2) is 7.16. The van der Waals surface area contributed by atoms with Gasteiger partial charge >= 0.3 is 0 Å². The third kappa shape index (κ3) is 4.99. The van der Waals surface area contributed by atoms with Crippen molar-refractivity contribution >= 4 is 11.6 Å². The number of alkyl halides is 1. The minimum absolute atomic E-state index is 0.232. The number of hydrogen-bond acceptors (Lipinski definition) is 1. The normalized spacial score (nSPS) is 13.1. The van der Waals surface area contributed by atoms with Gasteiger partial charge in [-0.1, -0.05) is 31.5 Å². The van der Waals surface area contributed by atoms with Crippen LogP contribution in [-0.2, 0) is 6.54 Å². The van der Waals surface area contributed by atoms with Crippen molar-refractivity contribution in [1.29, 1.82) is 0 Å². The predicted octanol–water partition coefficient (Wildman–Crippen LogP) is 4.35. The number of benzene rings is 1. The molecule has 1 aromatic carbocycles. The average molecular weight is 268 g/mol. The van der Waals surface area contributed by atoms with Gasteiger partial charge in [0.2, 0.25) is 0 Å². The highest BCUT2D eigenvalue weighted by Gasteiger charge is 2.08. The van der Waals surface area contributed by atoms with Crippen molar-refractivity contribution in [2.24, 2.45) is 5.92 Å². The van der Waals surface area contributed by atoms with Gasteiger partial charge in [0.05, 0.1) is 0 Å². The summed E-state index contributed by atoms with van der Waals surface area (Å²) in [5.41, 5.74) is 5.49. The third-order valence-corrected chi connectivity index (χ3v) is 3.57. The van der Waals surface area contributed by atoms with Crippen LogP contribution in [0, 0.1) is 26.7 Å². The molecule has 0 fully saturated rings. The van der Waals surface area contributed by atoms with Gasteiger partial charge in [-0.2, -0.15) is 0 Å². The summed E-state index contributed by atoms with van der Waals surface area (Å²) in [5, 5.41) is 3.71. The minimum atomic E-state index is 0.232. The van der Waals surface area contributed by atoms with E-state index in [4.69, 9.17) is 11.6 Å². The van der Waals surface area contributed by atoms with Gasteiger partial charge in [-0.15, -0.1) is 11.6 Å². The zero-order chi connectivity index (χ0) is 13.7. The molecule has 1 atom stereocenters. The molecule has 102 valence electrons. The van der Waals surface area contributed by atoms with Crippen LogP contribution in [0.3, 0.4) is 0 Å². The number of halogens is 1. The Morgan fingerprint density at radius 2 is 1.67 bits per heavy atom. The van der Waals surface area contributed by atoms with E-state index in [1.807, 2.05) is 0 Å². The summed E-state index contributed by atoms with van der Waals surface area (Å²) in [6, 6.07) is 4.49. The standard InChI is InChI=1S/C16H26ClN/c1-11(2)6-15(17)9-18-10-16-13(4)7-12(3)8-14(16)5/h7-8,11,15,18H,6,9-10H2,1-5H3. The third-order valence-electron chi connectivity index (χ3n) is 3.24. The minimum Gasteiger partial charge on any atom is -0.311 e. The van der Waals surface area contributed by atoms with Crippen molar-refractivity contribution in [2.75, 3.05) is 6.54 Å². The Morgan fingerprint density at radius 3 is 2.17 bits per heavy atom. The van der Waals surface area contributed by atoms with Crippen molar-refractivity contribution in [3.05, 3.63) is 34.4 Å². The van der Waals surface area contributed by atoms with E-state index < -0.39 is 0 Å². The van der Waals surface area contributed by atoms with Crippen molar-refractivity contribution < 1.29 is 0 Å². The van der Waals surface area contributed by atoms with Crippen LogP contribution in [0.4, 0.5) is 0 Å². The second-order valence-corrected chi connectivity index (χ2v) is 6.35. The van der Waals surface area contributed by atoms with Crippen molar-refractivity contribution in [1.82, 2.24) is 5.32 Å². The predicted molar refractivity (Wildman–Crippen MR) is 81.5 cm³/mol. The lowest BCUT2D eigenvalue weighted by atomic mass is 10.00. The highest BCUT2D eigenvalue weighted by molar-refractivity contribution is 6.20. The smallest absolute Gasteiger partial charge is 0.0463 e. The highest BCUT2D eigenvalue weighted by Crippen LogP contribution is 2.16. The van der Waals surface area contributed by atoms with Gasteiger partial charge in [-0.3, -0.25) is 0 Å². The van der Waals surface area contributed by atoms with E-state index in [1.54, 1.807) is 0 Å². The molecule has 18 heavy (non-hydrogen) atoms. The number of hydrogen-bond donors (Lipinski definition) is 1. The molecule has 1 aromatic rings. The molecule has 0 radical (unpaired) electrons. The Balaban J connectivity index is 2.49. The van der Waals surface area contributed by atoms with Gasteiger partial charge in [0.15, 0.2) is 0 Å². The SMILES string of the molecule is Cc1cc(C)c(CNCC(Cl)CC(C)C)c(C)c1. The zero-order valence-corrected chi connectivity index (χ0v) is 13.1. The molecule has 1 N–H and O–H groups in total. The molecule has 0 saturated carbocycles. The van der Waals surface area contributed by atoms with E-state index in [0.29, 0.717) is 5.92 Å². The first-order valence-corrected chi connectivity index (χ1v) is 7.25. The summed E-state index contributed by atoms with van der Waals surface area (Å²) in [7, 11) is 0. The lowest BCUT2D eigenvalue weighted by Gasteiger charge is -2.15. The molecule has 0 aromatic heterocycles. The summed E-state index contributed by atoms with van der Waals surface area (Å²) in [4.78, 5) is 0. The molecule has 0 amide bonds. The Labute approximate surface area is 117 Å². The lowest BCUT2D eigenvalue weighted by Crippen LogP contribution is -2.24. The summed E-state index contributed by atoms with van der Waals surface area (Å²) >= 11 is 6.28. The second-order valence-electron chi connectivity index (χ2n) is 5.74. The summed E-state index contributed by atoms with van der Waals surface area (Å²) in [5.74, 6) is 0.664. The molecule has 1 rings (SSSR count). The van der Waals surface area contributed by atoms with E-state index in [0.717, 1.165) is 19.5 Å². The molecule has 0 spiro atoms. The molecule has 0 heterocycles. The Bertz CT molecular complexity index is 362. The van der Waals surface area contributed by atoms with Crippen LogP contribution >= 0.6 is 11.6 Å². The molecule has 0 aliphatic rings. The maximum Gasteiger partial charge on any atom is 0.0463 e. The first-order chi connectivity index (χ1) is 8.40. The van der Waals surface area contributed by atoms with Gasteiger partial charge in [-0.25, -0.2) is 0 Å². The van der Waals surface area contributed by atoms with Crippen LogP contribution < -0.4 is 5.32 Å². The van der Waals surface area contributed by atoms with Gasteiger partial charge in [-0.05, 0) is 49.8 Å². The van der Waals surface area contributed by atoms with E-state index in [2.05, 4.69) is 52.1 Å². The van der Waals surface area contributed by atoms with Gasteiger partial charge < -0.3 is 5.32 Å². The number of nitrogens with one attached hydrogen (secondary N) is 1. The maximum absolute atomic E-state index is 6.28. The van der Waals surface area contributed by atoms with Crippen molar-refractivity contribution in [3.63, 3.8) is 0 Å². The van der Waals surface area contributed by atoms with E-state index in [1.165, 1.54) is 22.3 Å². The molecule has 1 nitrogen and oxygen atoms in total. The molecule has 1 unspecified atom stereocenters. The first kappa shape index (κ1) is 15.5. The molecular weight excluding hydrogens is 242 g/mol. The van der Waals surface area contributed by atoms with E-state index in [-0.39, 0.29) is 5.38 Å². The lowest BCUT2D eigenvalue weighted by molar-refractivity contribution is 0.533. The summed E-state index contributed by atoms with van der Waals surface area (Å²) in [6.45, 7) is 12.7. The summed E-state index contributed by atoms with van der Waals surface area (Å²) in [6.07, 6.45) is 1.07. The topological polar surface area (TPSA) is 12.0 Å². The van der Waals surface area contributed by atoms with Crippen molar-refractivity contribution in [2.45, 2.75) is 53.0 Å². The van der Waals surface area contributed by atoms with Crippen LogP contribution in [0.25, 0.3) is 0 Å². The van der Waals surface area contributed by atoms with E-state index >= 15 is 0 Å². The highest BCUT2D eigenvalue weighted by atomic mass is 35.5. The first-order valence-electron chi connectivity index (χ1n) is 6.81. The molecule has 0 bridgehead atoms. The van der Waals surface area contributed by atoms with Crippen LogP contribution in [0.1, 0.15) is 42.5 Å². The van der Waals surface area contributed by atoms with Gasteiger partial charge in [0.1, 0.15) is 0 Å². The van der Waals surface area contributed by atoms with Gasteiger partial charge in [0.25, 0.3) is 0 Å². The van der Waals surface area contributed by atoms with Crippen LogP contribution in [0.2, 0.25) is 0 Å². The van der Waals surface area contributed by atoms with Crippen LogP contribution in [0.5, 0.6) is 0 Å². The van der Waals surface area contributed by atoms with Crippen LogP contribution in [-0.4, -0.2) is 11.9 Å². The Kier molecular flexibility index (Phi) is 6.17. The molecular formula is C16H26ClN. The van der Waals surface area contributed by atoms with E-state index in [9.17, 15) is 0 Å². The Hall–Kier alpha value is -0.530. The molecule has 0 aliphatic heterocycles. The quantitative estimate of drug-likeness (QED) is 0.756. The fourth-order valence-electron chi connectivity index (χ4n) is 2.44.